The minimum Gasteiger partial charge on any atom is -0.461 e. The van der Waals surface area contributed by atoms with Gasteiger partial charge in [-0.25, -0.2) is 4.99 Å². The molecule has 0 atom stereocenters. The van der Waals surface area contributed by atoms with Crippen molar-refractivity contribution in [1.82, 2.24) is 5.32 Å². The van der Waals surface area contributed by atoms with Crippen LogP contribution in [-0.4, -0.2) is 18.2 Å². The minimum atomic E-state index is -0.0722. The lowest BCUT2D eigenvalue weighted by Gasteiger charge is -2.07. The molecule has 0 fully saturated rings. The Kier molecular flexibility index (Phi) is 4.63. The zero-order chi connectivity index (χ0) is 17.9. The van der Waals surface area contributed by atoms with Crippen molar-refractivity contribution in [1.29, 1.82) is 0 Å². The summed E-state index contributed by atoms with van der Waals surface area (Å²) in [4.78, 5) is 19.2. The molecule has 0 bridgehead atoms. The molecule has 130 valence electrons. The van der Waals surface area contributed by atoms with E-state index in [0.29, 0.717) is 12.1 Å². The summed E-state index contributed by atoms with van der Waals surface area (Å²) in [7, 11) is 0. The lowest BCUT2D eigenvalue weighted by Crippen LogP contribution is -2.23. The van der Waals surface area contributed by atoms with Crippen molar-refractivity contribution in [2.45, 2.75) is 23.1 Å². The van der Waals surface area contributed by atoms with Crippen molar-refractivity contribution in [2.75, 3.05) is 6.54 Å². The van der Waals surface area contributed by atoms with Crippen LogP contribution in [0.25, 0.3) is 0 Å². The molecule has 2 aromatic carbocycles. The molecule has 2 heterocycles. The first-order valence-corrected chi connectivity index (χ1v) is 9.40. The summed E-state index contributed by atoms with van der Waals surface area (Å²) in [6.45, 7) is 2.70. The molecule has 1 aliphatic rings. The number of fused-ring (bicyclic) bond motifs is 2. The average molecular weight is 362 g/mol. The van der Waals surface area contributed by atoms with E-state index in [4.69, 9.17) is 9.41 Å². The minimum absolute atomic E-state index is 0.0722. The number of amides is 1. The van der Waals surface area contributed by atoms with E-state index in [1.165, 1.54) is 0 Å². The van der Waals surface area contributed by atoms with E-state index in [-0.39, 0.29) is 5.91 Å². The summed E-state index contributed by atoms with van der Waals surface area (Å²) in [6.07, 6.45) is 2.59. The monoisotopic (exact) mass is 362 g/mol. The molecule has 0 spiro atoms. The van der Waals surface area contributed by atoms with E-state index in [1.54, 1.807) is 18.0 Å². The largest absolute Gasteiger partial charge is 0.461 e. The second kappa shape index (κ2) is 7.22. The normalized spacial score (nSPS) is 12.6. The predicted molar refractivity (Wildman–Crippen MR) is 104 cm³/mol. The van der Waals surface area contributed by atoms with E-state index < -0.39 is 0 Å². The third-order valence-electron chi connectivity index (χ3n) is 4.10. The van der Waals surface area contributed by atoms with Gasteiger partial charge >= 0.3 is 0 Å². The molecule has 0 unspecified atom stereocenters. The molecule has 4 nitrogen and oxygen atoms in total. The summed E-state index contributed by atoms with van der Waals surface area (Å²) in [5.74, 6) is 0.686. The van der Waals surface area contributed by atoms with Gasteiger partial charge in [0, 0.05) is 22.6 Å². The smallest absolute Gasteiger partial charge is 0.251 e. The van der Waals surface area contributed by atoms with Gasteiger partial charge < -0.3 is 9.73 Å². The number of hydrogen-bond donors (Lipinski definition) is 1. The Morgan fingerprint density at radius 1 is 1.12 bits per heavy atom. The molecule has 0 radical (unpaired) electrons. The number of carbonyl (C=O) groups is 1. The van der Waals surface area contributed by atoms with Crippen LogP contribution in [-0.2, 0) is 0 Å². The molecule has 1 aromatic heterocycles. The number of benzene rings is 2. The third-order valence-corrected chi connectivity index (χ3v) is 5.21. The molecule has 0 saturated heterocycles. The first kappa shape index (κ1) is 16.7. The highest BCUT2D eigenvalue weighted by molar-refractivity contribution is 7.99. The lowest BCUT2D eigenvalue weighted by atomic mass is 10.1. The Bertz CT molecular complexity index is 977. The number of hydrogen-bond acceptors (Lipinski definition) is 4. The highest BCUT2D eigenvalue weighted by Gasteiger charge is 2.22. The van der Waals surface area contributed by atoms with Crippen LogP contribution in [0.15, 0.2) is 80.1 Å². The van der Waals surface area contributed by atoms with Gasteiger partial charge in [-0.2, -0.15) is 0 Å². The SMILES string of the molecule is CCCNC(=O)c1ccc2c(c1)N=C(c1ccccc1)c1occc1S2. The maximum Gasteiger partial charge on any atom is 0.251 e. The number of nitrogens with zero attached hydrogens (tertiary/aromatic N) is 1. The molecule has 0 saturated carbocycles. The Morgan fingerprint density at radius 3 is 2.77 bits per heavy atom. The summed E-state index contributed by atoms with van der Waals surface area (Å²) in [6, 6.07) is 17.6. The maximum absolute atomic E-state index is 12.3. The molecule has 3 aromatic rings. The van der Waals surface area contributed by atoms with Gasteiger partial charge in [0.25, 0.3) is 5.91 Å². The van der Waals surface area contributed by atoms with Crippen LogP contribution in [0, 0.1) is 0 Å². The summed E-state index contributed by atoms with van der Waals surface area (Å²) in [5.41, 5.74) is 3.16. The van der Waals surface area contributed by atoms with Crippen LogP contribution in [0.3, 0.4) is 0 Å². The zero-order valence-electron chi connectivity index (χ0n) is 14.4. The van der Waals surface area contributed by atoms with Gasteiger partial charge in [-0.05, 0) is 30.7 Å². The Morgan fingerprint density at radius 2 is 1.96 bits per heavy atom. The Hall–Kier alpha value is -2.79. The van der Waals surface area contributed by atoms with Crippen LogP contribution >= 0.6 is 11.8 Å². The van der Waals surface area contributed by atoms with Crippen LogP contribution in [0.5, 0.6) is 0 Å². The molecule has 1 amide bonds. The predicted octanol–water partition coefficient (Wildman–Crippen LogP) is 5.05. The number of aliphatic imine (C=N–C) groups is 1. The van der Waals surface area contributed by atoms with Crippen molar-refractivity contribution in [3.8, 4) is 0 Å². The van der Waals surface area contributed by atoms with Crippen molar-refractivity contribution in [2.24, 2.45) is 4.99 Å². The van der Waals surface area contributed by atoms with Crippen LogP contribution in [0.1, 0.15) is 35.0 Å². The Balaban J connectivity index is 1.81. The van der Waals surface area contributed by atoms with Gasteiger partial charge in [0.15, 0.2) is 5.76 Å². The molecule has 5 heteroatoms. The second-order valence-electron chi connectivity index (χ2n) is 5.98. The summed E-state index contributed by atoms with van der Waals surface area (Å²) >= 11 is 1.61. The van der Waals surface area contributed by atoms with Crippen molar-refractivity contribution in [3.63, 3.8) is 0 Å². The molecule has 4 rings (SSSR count). The Labute approximate surface area is 156 Å². The fourth-order valence-corrected chi connectivity index (χ4v) is 3.75. The fourth-order valence-electron chi connectivity index (χ4n) is 2.80. The molecular weight excluding hydrogens is 344 g/mol. The topological polar surface area (TPSA) is 54.6 Å². The first-order chi connectivity index (χ1) is 12.8. The number of carbonyl (C=O) groups excluding carboxylic acids is 1. The van der Waals surface area contributed by atoms with Crippen LogP contribution in [0.2, 0.25) is 0 Å². The number of rotatable bonds is 4. The van der Waals surface area contributed by atoms with Gasteiger partial charge in [-0.1, -0.05) is 49.0 Å². The van der Waals surface area contributed by atoms with E-state index in [9.17, 15) is 4.79 Å². The van der Waals surface area contributed by atoms with Crippen LogP contribution < -0.4 is 5.32 Å². The zero-order valence-corrected chi connectivity index (χ0v) is 15.2. The third kappa shape index (κ3) is 3.18. The van der Waals surface area contributed by atoms with E-state index in [1.807, 2.05) is 61.5 Å². The van der Waals surface area contributed by atoms with Gasteiger partial charge in [-0.15, -0.1) is 0 Å². The van der Waals surface area contributed by atoms with Gasteiger partial charge in [0.05, 0.1) is 16.8 Å². The molecule has 1 aliphatic heterocycles. The van der Waals surface area contributed by atoms with E-state index in [2.05, 4.69) is 5.32 Å². The van der Waals surface area contributed by atoms with Gasteiger partial charge in [0.1, 0.15) is 5.71 Å². The van der Waals surface area contributed by atoms with Crippen LogP contribution in [0.4, 0.5) is 5.69 Å². The summed E-state index contributed by atoms with van der Waals surface area (Å²) < 4.78 is 5.73. The van der Waals surface area contributed by atoms with Crippen molar-refractivity contribution in [3.05, 3.63) is 77.7 Å². The van der Waals surface area contributed by atoms with Crippen molar-refractivity contribution < 1.29 is 9.21 Å². The average Bonchev–Trinajstić information content (AvgIpc) is 3.07. The standard InChI is InChI=1S/C21H18N2O2S/c1-2-11-22-21(24)15-8-9-17-16(13-15)23-19(14-6-4-3-5-7-14)20-18(26-17)10-12-25-20/h3-10,12-13H,2,11H2,1H3,(H,22,24). The van der Waals surface area contributed by atoms with E-state index in [0.717, 1.165) is 38.9 Å². The quantitative estimate of drug-likeness (QED) is 0.552. The maximum atomic E-state index is 12.3. The highest BCUT2D eigenvalue weighted by atomic mass is 32.2. The summed E-state index contributed by atoms with van der Waals surface area (Å²) in [5, 5.41) is 2.91. The fraction of sp³-hybridized carbons (Fsp3) is 0.143. The molecular formula is C21H18N2O2S. The molecule has 26 heavy (non-hydrogen) atoms. The first-order valence-electron chi connectivity index (χ1n) is 8.58. The molecule has 1 N–H and O–H groups in total. The van der Waals surface area contributed by atoms with E-state index >= 15 is 0 Å². The second-order valence-corrected chi connectivity index (χ2v) is 7.06. The molecule has 0 aliphatic carbocycles. The van der Waals surface area contributed by atoms with Gasteiger partial charge in [-0.3, -0.25) is 4.79 Å². The van der Waals surface area contributed by atoms with Crippen molar-refractivity contribution >= 4 is 29.1 Å². The highest BCUT2D eigenvalue weighted by Crippen LogP contribution is 2.42. The van der Waals surface area contributed by atoms with Gasteiger partial charge in [0.2, 0.25) is 0 Å². The lowest BCUT2D eigenvalue weighted by molar-refractivity contribution is 0.0953. The number of nitrogens with one attached hydrogen (secondary N) is 1. The number of furan rings is 1.